The summed E-state index contributed by atoms with van der Waals surface area (Å²) >= 11 is 0. The summed E-state index contributed by atoms with van der Waals surface area (Å²) in [6, 6.07) is -0.184. The second-order valence-electron chi connectivity index (χ2n) is 6.27. The van der Waals surface area contributed by atoms with E-state index in [-0.39, 0.29) is 29.4 Å². The van der Waals surface area contributed by atoms with Gasteiger partial charge in [-0.2, -0.15) is 0 Å². The van der Waals surface area contributed by atoms with Crippen LogP contribution in [0.3, 0.4) is 0 Å². The van der Waals surface area contributed by atoms with E-state index in [0.717, 1.165) is 32.1 Å². The van der Waals surface area contributed by atoms with Gasteiger partial charge in [-0.3, -0.25) is 4.79 Å². The first kappa shape index (κ1) is 15.8. The maximum Gasteiger partial charge on any atom is 0.223 e. The largest absolute Gasteiger partial charge is 0.352 e. The smallest absolute Gasteiger partial charge is 0.223 e. The lowest BCUT2D eigenvalue weighted by Gasteiger charge is -2.30. The molecule has 2 rings (SSSR count). The van der Waals surface area contributed by atoms with Crippen molar-refractivity contribution in [3.8, 4) is 0 Å². The van der Waals surface area contributed by atoms with E-state index in [1.54, 1.807) is 0 Å². The van der Waals surface area contributed by atoms with Gasteiger partial charge < -0.3 is 11.1 Å². The molecule has 0 aromatic carbocycles. The van der Waals surface area contributed by atoms with Crippen LogP contribution in [0.4, 0.5) is 0 Å². The van der Waals surface area contributed by atoms with Gasteiger partial charge in [-0.25, -0.2) is 8.42 Å². The van der Waals surface area contributed by atoms with Crippen LogP contribution in [0.1, 0.15) is 44.9 Å². The predicted octanol–water partition coefficient (Wildman–Crippen LogP) is 0.835. The second-order valence-corrected chi connectivity index (χ2v) is 8.50. The predicted molar refractivity (Wildman–Crippen MR) is 78.9 cm³/mol. The van der Waals surface area contributed by atoms with E-state index in [1.165, 1.54) is 6.42 Å². The number of hydrogen-bond donors (Lipinski definition) is 2. The molecule has 2 aliphatic rings. The molecule has 0 radical (unpaired) electrons. The fraction of sp³-hybridized carbons (Fsp3) is 0.929. The first-order valence-corrected chi connectivity index (χ1v) is 9.53. The van der Waals surface area contributed by atoms with Crippen LogP contribution in [0.15, 0.2) is 0 Å². The Balaban J connectivity index is 1.85. The first-order chi connectivity index (χ1) is 9.50. The summed E-state index contributed by atoms with van der Waals surface area (Å²) < 4.78 is 23.2. The molecule has 1 aliphatic heterocycles. The minimum atomic E-state index is -2.96. The van der Waals surface area contributed by atoms with E-state index in [4.69, 9.17) is 5.73 Å². The minimum absolute atomic E-state index is 0.0462. The number of carbonyl (C=O) groups is 1. The highest BCUT2D eigenvalue weighted by molar-refractivity contribution is 7.91. The van der Waals surface area contributed by atoms with Gasteiger partial charge in [-0.15, -0.1) is 0 Å². The highest BCUT2D eigenvalue weighted by atomic mass is 32.2. The molecule has 3 unspecified atom stereocenters. The van der Waals surface area contributed by atoms with Gasteiger partial charge >= 0.3 is 0 Å². The zero-order valence-electron chi connectivity index (χ0n) is 12.0. The van der Waals surface area contributed by atoms with Crippen molar-refractivity contribution >= 4 is 15.7 Å². The van der Waals surface area contributed by atoms with Gasteiger partial charge in [-0.05, 0) is 44.6 Å². The minimum Gasteiger partial charge on any atom is -0.352 e. The van der Waals surface area contributed by atoms with Crippen molar-refractivity contribution in [3.05, 3.63) is 0 Å². The average molecular weight is 302 g/mol. The molecule has 0 aromatic heterocycles. The summed E-state index contributed by atoms with van der Waals surface area (Å²) in [7, 11) is -2.96. The highest BCUT2D eigenvalue weighted by Gasteiger charge is 2.30. The summed E-state index contributed by atoms with van der Waals surface area (Å²) in [6.45, 7) is 0.680. The quantitative estimate of drug-likeness (QED) is 0.805. The fourth-order valence-electron chi connectivity index (χ4n) is 3.48. The Labute approximate surface area is 121 Å². The first-order valence-electron chi connectivity index (χ1n) is 7.71. The Morgan fingerprint density at radius 1 is 1.20 bits per heavy atom. The van der Waals surface area contributed by atoms with Crippen LogP contribution in [-0.4, -0.2) is 38.4 Å². The molecule has 1 aliphatic carbocycles. The standard InChI is InChI=1S/C14H26N2O3S/c15-7-6-11-3-1-4-12(9-11)14(17)16-13-5-2-8-20(18,19)10-13/h11-13H,1-10,15H2,(H,16,17). The number of nitrogens with one attached hydrogen (secondary N) is 1. The molecule has 2 fully saturated rings. The monoisotopic (exact) mass is 302 g/mol. The van der Waals surface area contributed by atoms with Crippen LogP contribution in [0.25, 0.3) is 0 Å². The molecule has 0 spiro atoms. The van der Waals surface area contributed by atoms with Crippen LogP contribution in [0, 0.1) is 11.8 Å². The number of hydrogen-bond acceptors (Lipinski definition) is 4. The molecule has 3 N–H and O–H groups in total. The molecule has 1 amide bonds. The third-order valence-electron chi connectivity index (χ3n) is 4.54. The van der Waals surface area contributed by atoms with E-state index in [1.807, 2.05) is 0 Å². The summed E-state index contributed by atoms with van der Waals surface area (Å²) in [6.07, 6.45) is 6.50. The lowest BCUT2D eigenvalue weighted by atomic mass is 9.79. The molecule has 20 heavy (non-hydrogen) atoms. The number of sulfone groups is 1. The van der Waals surface area contributed by atoms with Crippen LogP contribution in [0.5, 0.6) is 0 Å². The maximum absolute atomic E-state index is 12.3. The van der Waals surface area contributed by atoms with Gasteiger partial charge in [0.15, 0.2) is 9.84 Å². The lowest BCUT2D eigenvalue weighted by molar-refractivity contribution is -0.127. The van der Waals surface area contributed by atoms with Gasteiger partial charge in [0.25, 0.3) is 0 Å². The Bertz CT molecular complexity index is 434. The van der Waals surface area contributed by atoms with E-state index in [9.17, 15) is 13.2 Å². The number of nitrogens with two attached hydrogens (primary N) is 1. The second kappa shape index (κ2) is 6.89. The van der Waals surface area contributed by atoms with Gasteiger partial charge in [0.1, 0.15) is 0 Å². The van der Waals surface area contributed by atoms with Gasteiger partial charge in [0, 0.05) is 12.0 Å². The van der Waals surface area contributed by atoms with Gasteiger partial charge in [-0.1, -0.05) is 12.8 Å². The molecule has 1 saturated heterocycles. The lowest BCUT2D eigenvalue weighted by Crippen LogP contribution is -2.46. The molecule has 116 valence electrons. The van der Waals surface area contributed by atoms with Crippen LogP contribution >= 0.6 is 0 Å². The normalized spacial score (nSPS) is 33.5. The van der Waals surface area contributed by atoms with E-state index in [2.05, 4.69) is 5.32 Å². The molecule has 0 aromatic rings. The highest BCUT2D eigenvalue weighted by Crippen LogP contribution is 2.31. The third kappa shape index (κ3) is 4.45. The molecular formula is C14H26N2O3S. The zero-order chi connectivity index (χ0) is 14.6. The Kier molecular flexibility index (Phi) is 5.43. The van der Waals surface area contributed by atoms with Crippen molar-refractivity contribution in [2.45, 2.75) is 51.0 Å². The summed E-state index contributed by atoms with van der Waals surface area (Å²) in [5.41, 5.74) is 5.59. The Morgan fingerprint density at radius 2 is 2.00 bits per heavy atom. The SMILES string of the molecule is NCCC1CCCC(C(=O)NC2CCCS(=O)(=O)C2)C1. The molecular weight excluding hydrogens is 276 g/mol. The molecule has 1 saturated carbocycles. The maximum atomic E-state index is 12.3. The summed E-state index contributed by atoms with van der Waals surface area (Å²) in [5, 5.41) is 2.96. The third-order valence-corrected chi connectivity index (χ3v) is 6.36. The van der Waals surface area contributed by atoms with Crippen molar-refractivity contribution in [1.82, 2.24) is 5.32 Å². The van der Waals surface area contributed by atoms with Crippen molar-refractivity contribution in [1.29, 1.82) is 0 Å². The zero-order valence-corrected chi connectivity index (χ0v) is 12.8. The van der Waals surface area contributed by atoms with Crippen LogP contribution in [-0.2, 0) is 14.6 Å². The molecule has 5 nitrogen and oxygen atoms in total. The van der Waals surface area contributed by atoms with E-state index >= 15 is 0 Å². The fourth-order valence-corrected chi connectivity index (χ4v) is 5.12. The van der Waals surface area contributed by atoms with Crippen LogP contribution < -0.4 is 11.1 Å². The Hall–Kier alpha value is -0.620. The van der Waals surface area contributed by atoms with Gasteiger partial charge in [0.2, 0.25) is 5.91 Å². The number of amides is 1. The van der Waals surface area contributed by atoms with Crippen LogP contribution in [0.2, 0.25) is 0 Å². The van der Waals surface area contributed by atoms with Crippen molar-refractivity contribution in [2.24, 2.45) is 17.6 Å². The van der Waals surface area contributed by atoms with Crippen molar-refractivity contribution in [3.63, 3.8) is 0 Å². The topological polar surface area (TPSA) is 89.3 Å². The van der Waals surface area contributed by atoms with Crippen molar-refractivity contribution in [2.75, 3.05) is 18.1 Å². The number of carbonyl (C=O) groups excluding carboxylic acids is 1. The van der Waals surface area contributed by atoms with Gasteiger partial charge in [0.05, 0.1) is 11.5 Å². The summed E-state index contributed by atoms with van der Waals surface area (Å²) in [5.74, 6) is 1.03. The average Bonchev–Trinajstić information content (AvgIpc) is 2.38. The molecule has 3 atom stereocenters. The molecule has 1 heterocycles. The van der Waals surface area contributed by atoms with E-state index < -0.39 is 9.84 Å². The van der Waals surface area contributed by atoms with E-state index in [0.29, 0.717) is 18.9 Å². The number of rotatable bonds is 4. The molecule has 6 heteroatoms. The Morgan fingerprint density at radius 3 is 2.70 bits per heavy atom. The van der Waals surface area contributed by atoms with Crippen molar-refractivity contribution < 1.29 is 13.2 Å². The summed E-state index contributed by atoms with van der Waals surface area (Å²) in [4.78, 5) is 12.3. The molecule has 0 bridgehead atoms.